The minimum Gasteiger partial charge on any atom is -0.306 e. The lowest BCUT2D eigenvalue weighted by molar-refractivity contribution is -0.124. The molecule has 2 aliphatic rings. The molecule has 6 heteroatoms. The number of nitrogens with zero attached hydrogens (tertiary/aromatic N) is 2. The maximum absolute atomic E-state index is 12.9. The lowest BCUT2D eigenvalue weighted by Crippen LogP contribution is -2.63. The number of benzene rings is 1. The van der Waals surface area contributed by atoms with E-state index in [0.717, 1.165) is 23.2 Å². The van der Waals surface area contributed by atoms with Crippen LogP contribution < -0.4 is 4.90 Å². The van der Waals surface area contributed by atoms with Gasteiger partial charge in [0.25, 0.3) is 0 Å². The normalized spacial score (nSPS) is 28.0. The predicted molar refractivity (Wildman–Crippen MR) is 96.1 cm³/mol. The first kappa shape index (κ1) is 17.4. The zero-order chi connectivity index (χ0) is 17.6. The van der Waals surface area contributed by atoms with E-state index in [4.69, 9.17) is 0 Å². The van der Waals surface area contributed by atoms with E-state index in [1.54, 1.807) is 4.90 Å². The van der Waals surface area contributed by atoms with E-state index in [1.807, 2.05) is 26.0 Å². The van der Waals surface area contributed by atoms with Crippen molar-refractivity contribution in [3.63, 3.8) is 0 Å². The third kappa shape index (κ3) is 3.09. The van der Waals surface area contributed by atoms with E-state index in [2.05, 4.69) is 24.8 Å². The molecule has 0 spiro atoms. The van der Waals surface area contributed by atoms with E-state index in [1.165, 1.54) is 0 Å². The van der Waals surface area contributed by atoms with Gasteiger partial charge in [0, 0.05) is 17.8 Å². The molecule has 1 aromatic rings. The van der Waals surface area contributed by atoms with Crippen LogP contribution in [-0.4, -0.2) is 55.4 Å². The average molecular weight is 350 g/mol. The van der Waals surface area contributed by atoms with Gasteiger partial charge in [0.2, 0.25) is 5.91 Å². The Kier molecular flexibility index (Phi) is 4.47. The van der Waals surface area contributed by atoms with Gasteiger partial charge in [0.05, 0.1) is 24.1 Å². The zero-order valence-corrected chi connectivity index (χ0v) is 15.6. The van der Waals surface area contributed by atoms with Crippen molar-refractivity contribution < 1.29 is 13.2 Å². The zero-order valence-electron chi connectivity index (χ0n) is 14.8. The summed E-state index contributed by atoms with van der Waals surface area (Å²) in [5.74, 6) is 0.207. The smallest absolute Gasteiger partial charge is 0.241 e. The van der Waals surface area contributed by atoms with Gasteiger partial charge in [-0.25, -0.2) is 8.42 Å². The van der Waals surface area contributed by atoms with Crippen molar-refractivity contribution in [2.75, 3.05) is 23.0 Å². The second-order valence-corrected chi connectivity index (χ2v) is 9.40. The molecule has 3 atom stereocenters. The number of sulfone groups is 1. The molecule has 0 bridgehead atoms. The standard InChI is InChI=1S/C18H26N2O3S/c1-5-14(4)19-9-18(21)20(15-7-12(2)6-13(3)8-15)17-11-24(22,23)10-16(17)19/h6-8,14,16-17H,5,9-11H2,1-4H3/t14?,16-,17+/m0/s1. The number of amides is 1. The first-order valence-corrected chi connectivity index (χ1v) is 10.4. The van der Waals surface area contributed by atoms with Crippen molar-refractivity contribution in [1.29, 1.82) is 0 Å². The Hall–Kier alpha value is -1.40. The highest BCUT2D eigenvalue weighted by Gasteiger charge is 2.50. The molecule has 0 aromatic heterocycles. The molecule has 1 unspecified atom stereocenters. The molecule has 0 radical (unpaired) electrons. The van der Waals surface area contributed by atoms with Crippen LogP contribution in [0.25, 0.3) is 0 Å². The summed E-state index contributed by atoms with van der Waals surface area (Å²) in [7, 11) is -3.12. The molecule has 2 heterocycles. The van der Waals surface area contributed by atoms with Gasteiger partial charge in [-0.1, -0.05) is 13.0 Å². The molecule has 2 aliphatic heterocycles. The third-order valence-electron chi connectivity index (χ3n) is 5.28. The van der Waals surface area contributed by atoms with Crippen molar-refractivity contribution in [3.05, 3.63) is 29.3 Å². The number of hydrogen-bond acceptors (Lipinski definition) is 4. The van der Waals surface area contributed by atoms with Gasteiger partial charge in [-0.15, -0.1) is 0 Å². The number of rotatable bonds is 3. The highest BCUT2D eigenvalue weighted by molar-refractivity contribution is 7.91. The van der Waals surface area contributed by atoms with E-state index in [-0.39, 0.29) is 35.5 Å². The second kappa shape index (κ2) is 6.15. The van der Waals surface area contributed by atoms with Gasteiger partial charge < -0.3 is 4.90 Å². The predicted octanol–water partition coefficient (Wildman–Crippen LogP) is 1.92. The number of piperazine rings is 1. The molecule has 132 valence electrons. The Morgan fingerprint density at radius 2 is 1.71 bits per heavy atom. The average Bonchev–Trinajstić information content (AvgIpc) is 2.79. The summed E-state index contributed by atoms with van der Waals surface area (Å²) in [5, 5.41) is 0. The minimum absolute atomic E-state index is 0.00125. The van der Waals surface area contributed by atoms with Crippen molar-refractivity contribution >= 4 is 21.4 Å². The Balaban J connectivity index is 2.04. The first-order valence-electron chi connectivity index (χ1n) is 8.58. The van der Waals surface area contributed by atoms with Gasteiger partial charge in [0.15, 0.2) is 9.84 Å². The van der Waals surface area contributed by atoms with E-state index in [9.17, 15) is 13.2 Å². The Morgan fingerprint density at radius 1 is 1.12 bits per heavy atom. The van der Waals surface area contributed by atoms with Gasteiger partial charge in [-0.3, -0.25) is 9.69 Å². The van der Waals surface area contributed by atoms with Crippen LogP contribution in [0.1, 0.15) is 31.4 Å². The molecule has 1 aromatic carbocycles. The molecule has 2 fully saturated rings. The summed E-state index contributed by atoms with van der Waals surface area (Å²) in [5.41, 5.74) is 2.99. The fourth-order valence-corrected chi connectivity index (χ4v) is 6.01. The molecule has 0 N–H and O–H groups in total. The summed E-state index contributed by atoms with van der Waals surface area (Å²) >= 11 is 0. The van der Waals surface area contributed by atoms with Gasteiger partial charge in [-0.2, -0.15) is 0 Å². The second-order valence-electron chi connectivity index (χ2n) is 7.25. The number of carbonyl (C=O) groups is 1. The molecule has 0 aliphatic carbocycles. The van der Waals surface area contributed by atoms with Crippen molar-refractivity contribution in [1.82, 2.24) is 4.90 Å². The van der Waals surface area contributed by atoms with Crippen LogP contribution in [0.2, 0.25) is 0 Å². The molecule has 5 nitrogen and oxygen atoms in total. The van der Waals surface area contributed by atoms with Crippen molar-refractivity contribution in [2.24, 2.45) is 0 Å². The molecule has 2 saturated heterocycles. The maximum Gasteiger partial charge on any atom is 0.241 e. The van der Waals surface area contributed by atoms with E-state index < -0.39 is 9.84 Å². The summed E-state index contributed by atoms with van der Waals surface area (Å²) in [4.78, 5) is 16.7. The highest BCUT2D eigenvalue weighted by atomic mass is 32.2. The van der Waals surface area contributed by atoms with E-state index >= 15 is 0 Å². The lowest BCUT2D eigenvalue weighted by Gasteiger charge is -2.45. The molecule has 24 heavy (non-hydrogen) atoms. The molecule has 1 amide bonds. The van der Waals surface area contributed by atoms with Crippen LogP contribution in [0.3, 0.4) is 0 Å². The number of anilines is 1. The van der Waals surface area contributed by atoms with Crippen molar-refractivity contribution in [3.8, 4) is 0 Å². The summed E-state index contributed by atoms with van der Waals surface area (Å²) in [6.45, 7) is 8.43. The highest BCUT2D eigenvalue weighted by Crippen LogP contribution is 2.33. The summed E-state index contributed by atoms with van der Waals surface area (Å²) < 4.78 is 24.6. The van der Waals surface area contributed by atoms with Crippen molar-refractivity contribution in [2.45, 2.75) is 52.2 Å². The van der Waals surface area contributed by atoms with Crippen LogP contribution >= 0.6 is 0 Å². The van der Waals surface area contributed by atoms with Gasteiger partial charge >= 0.3 is 0 Å². The number of fused-ring (bicyclic) bond motifs is 1. The molecular weight excluding hydrogens is 324 g/mol. The Morgan fingerprint density at radius 3 is 2.29 bits per heavy atom. The fraction of sp³-hybridized carbons (Fsp3) is 0.611. The topological polar surface area (TPSA) is 57.7 Å². The molecule has 3 rings (SSSR count). The Labute approximate surface area is 144 Å². The fourth-order valence-electron chi connectivity index (χ4n) is 4.05. The largest absolute Gasteiger partial charge is 0.306 e. The molecular formula is C18H26N2O3S. The minimum atomic E-state index is -3.12. The third-order valence-corrected chi connectivity index (χ3v) is 6.98. The number of hydrogen-bond donors (Lipinski definition) is 0. The van der Waals surface area contributed by atoms with Gasteiger partial charge in [-0.05, 0) is 50.5 Å². The quantitative estimate of drug-likeness (QED) is 0.836. The Bertz CT molecular complexity index is 739. The SMILES string of the molecule is CCC(C)N1CC(=O)N(c2cc(C)cc(C)c2)[C@@H]2CS(=O)(=O)C[C@@H]21. The first-order chi connectivity index (χ1) is 11.2. The summed E-state index contributed by atoms with van der Waals surface area (Å²) in [6, 6.07) is 5.83. The molecule has 0 saturated carbocycles. The van der Waals surface area contributed by atoms with Crippen LogP contribution in [-0.2, 0) is 14.6 Å². The van der Waals surface area contributed by atoms with Crippen LogP contribution in [0.5, 0.6) is 0 Å². The number of aryl methyl sites for hydroxylation is 2. The summed E-state index contributed by atoms with van der Waals surface area (Å²) in [6.07, 6.45) is 0.903. The van der Waals surface area contributed by atoms with Gasteiger partial charge in [0.1, 0.15) is 0 Å². The maximum atomic E-state index is 12.9. The van der Waals surface area contributed by atoms with Crippen LogP contribution in [0.15, 0.2) is 18.2 Å². The van der Waals surface area contributed by atoms with Crippen LogP contribution in [0.4, 0.5) is 5.69 Å². The monoisotopic (exact) mass is 350 g/mol. The van der Waals surface area contributed by atoms with Crippen LogP contribution in [0, 0.1) is 13.8 Å². The number of carbonyl (C=O) groups excluding carboxylic acids is 1. The van der Waals surface area contributed by atoms with E-state index in [0.29, 0.717) is 6.54 Å². The lowest BCUT2D eigenvalue weighted by atomic mass is 9.99.